The summed E-state index contributed by atoms with van der Waals surface area (Å²) in [7, 11) is 2.99. The Morgan fingerprint density at radius 3 is 1.80 bits per heavy atom. The summed E-state index contributed by atoms with van der Waals surface area (Å²) in [6.45, 7) is 5.29. The molecule has 35 heteroatoms. The summed E-state index contributed by atoms with van der Waals surface area (Å²) < 4.78 is 33.3. The van der Waals surface area contributed by atoms with Gasteiger partial charge in [-0.05, 0) is 165 Å². The molecule has 0 saturated heterocycles. The molecule has 2 bridgehead atoms. The maximum atomic E-state index is 15.4. The van der Waals surface area contributed by atoms with Gasteiger partial charge in [0.05, 0.1) is 90.6 Å². The first-order chi connectivity index (χ1) is 61.3. The van der Waals surface area contributed by atoms with Crippen molar-refractivity contribution in [2.24, 2.45) is 28.2 Å². The van der Waals surface area contributed by atoms with Crippen LogP contribution in [0, 0.1) is 5.92 Å². The van der Waals surface area contributed by atoms with Crippen LogP contribution in [0.4, 0.5) is 0 Å². The van der Waals surface area contributed by atoms with E-state index >= 15 is 28.8 Å². The summed E-state index contributed by atoms with van der Waals surface area (Å²) in [4.78, 5) is 181. The maximum absolute atomic E-state index is 15.4. The molecule has 0 radical (unpaired) electrons. The van der Waals surface area contributed by atoms with Crippen molar-refractivity contribution < 1.29 is 90.7 Å². The van der Waals surface area contributed by atoms with Gasteiger partial charge in [-0.3, -0.25) is 57.5 Å². The standard InChI is InChI=1S/C92H126N16O18S/c1-63(2)41-74-54-107(90(118)49-68-44-76(121-4)50-77(45-68)122-5)58-84(112)102-75(43-64-17-7-6-8-18-64)55-108(88(116)47-66-26-28-69-19-9-10-20-71(69)42-66)57-83(111)101-73(22-12-15-34-94)53-106(89(117)48-67-27-31-79-80(46-67)126-62-125-79)56-82(110)100-72(21-11-14-33-93)52-105(87(115)32-40-127-61-65-24-29-70(30-25-65)92(120)103-74)59-85(113)104-78(91(95)119)23-13-16-35-97-86(114)60-124-39-38-123-37-36-98-81(109)51-99-96-3/h6-10,17-18,24-31,42,44-46,50,63,72-75,78H,3,11-16,19-23,32-41,43,47-49,51-62,93-94H2,1-2,4-5H3,(H8-,95,97,98,100,101,102,103,104,109,110,111,112,113,114,119,120)/p+1/t72-,73-,74-,75?,78-/m0/s1. The molecule has 5 atom stereocenters. The number of benzene rings is 5. The number of rotatable bonds is 39. The monoisotopic (exact) mass is 1780 g/mol. The van der Waals surface area contributed by atoms with Gasteiger partial charge in [-0.25, -0.2) is 0 Å². The van der Waals surface area contributed by atoms with E-state index in [0.717, 1.165) is 28.7 Å². The SMILES string of the molecule is C=[N+]=NCC(=O)NCCOCCOCC(=O)NCCCC[C@H](NC(=O)CN1C[C@H](CCCCN)NC(=O)CN(C(=O)Cc2ccc3c(c2)OCO3)C[C@H](CCCCN)NC(=O)CN(C(=O)Cc2ccc3c(c2)CC=CC3)CC(Cc2ccccc2)NC(=O)CN(C(=O)Cc2cc(OC)cc(OC)c2)C[C@H](CC(C)C)NC(=O)c2ccc(cc2)CSCCC1=O)C(N)=O. The lowest BCUT2D eigenvalue weighted by atomic mass is 9.94. The van der Waals surface area contributed by atoms with Crippen LogP contribution in [-0.4, -0.2) is 270 Å². The lowest BCUT2D eigenvalue weighted by Crippen LogP contribution is -2.55. The van der Waals surface area contributed by atoms with E-state index in [1.165, 1.54) is 45.6 Å². The van der Waals surface area contributed by atoms with Gasteiger partial charge in [0, 0.05) is 91.7 Å². The normalized spacial score (nSPS) is 17.3. The first-order valence-electron chi connectivity index (χ1n) is 43.5. The molecule has 4 aliphatic rings. The van der Waals surface area contributed by atoms with E-state index in [4.69, 9.17) is 45.6 Å². The Balaban J connectivity index is 1.11. The lowest BCUT2D eigenvalue weighted by Gasteiger charge is -2.32. The molecule has 1 aliphatic carbocycles. The molecule has 1 unspecified atom stereocenters. The molecule has 34 nitrogen and oxygen atoms in total. The number of primary amides is 1. The van der Waals surface area contributed by atoms with E-state index in [9.17, 15) is 28.8 Å². The number of allylic oxidation sites excluding steroid dienone is 2. The fourth-order valence-corrected chi connectivity index (χ4v) is 15.9. The van der Waals surface area contributed by atoms with Gasteiger partial charge in [-0.15, -0.1) is 0 Å². The molecule has 0 saturated carbocycles. The highest BCUT2D eigenvalue weighted by Crippen LogP contribution is 2.33. The average molecular weight is 1780 g/mol. The molecule has 13 N–H and O–H groups in total. The van der Waals surface area contributed by atoms with Gasteiger partial charge in [0.1, 0.15) is 24.1 Å². The average Bonchev–Trinajstić information content (AvgIpc) is 1.34. The number of ether oxygens (including phenoxy) is 6. The predicted octanol–water partition coefficient (Wildman–Crippen LogP) is 3.63. The van der Waals surface area contributed by atoms with E-state index in [0.29, 0.717) is 102 Å². The van der Waals surface area contributed by atoms with Crippen molar-refractivity contribution in [3.05, 3.63) is 166 Å². The topological polar surface area (TPSA) is 462 Å². The maximum Gasteiger partial charge on any atom is 0.295 e. The number of hydrogen-bond donors (Lipinski definition) is 10. The minimum absolute atomic E-state index is 0.0137. The van der Waals surface area contributed by atoms with Crippen LogP contribution in [0.15, 0.2) is 126 Å². The van der Waals surface area contributed by atoms with Crippen LogP contribution in [0.5, 0.6) is 23.0 Å². The van der Waals surface area contributed by atoms with Gasteiger partial charge in [0.15, 0.2) is 18.0 Å². The molecule has 5 aromatic rings. The number of amides is 12. The molecular weight excluding hydrogens is 1650 g/mol. The van der Waals surface area contributed by atoms with Crippen LogP contribution in [0.25, 0.3) is 0 Å². The third-order valence-electron chi connectivity index (χ3n) is 21.4. The van der Waals surface area contributed by atoms with Gasteiger partial charge in [0.25, 0.3) is 12.6 Å². The van der Waals surface area contributed by atoms with Gasteiger partial charge >= 0.3 is 0 Å². The van der Waals surface area contributed by atoms with Crippen molar-refractivity contribution in [1.29, 1.82) is 0 Å². The second kappa shape index (κ2) is 55.0. The Bertz CT molecular complexity index is 4510. The molecule has 0 fully saturated rings. The van der Waals surface area contributed by atoms with Crippen LogP contribution in [0.2, 0.25) is 0 Å². The summed E-state index contributed by atoms with van der Waals surface area (Å²) in [6.07, 6.45) is 8.66. The van der Waals surface area contributed by atoms with Crippen LogP contribution in [0.3, 0.4) is 0 Å². The van der Waals surface area contributed by atoms with Crippen molar-refractivity contribution in [2.75, 3.05) is 138 Å². The highest BCUT2D eigenvalue weighted by atomic mass is 32.2. The van der Waals surface area contributed by atoms with Crippen LogP contribution >= 0.6 is 11.8 Å². The summed E-state index contributed by atoms with van der Waals surface area (Å²) in [5.74, 6) is -4.15. The first kappa shape index (κ1) is 101. The molecule has 127 heavy (non-hydrogen) atoms. The number of unbranched alkanes of at least 4 members (excludes halogenated alkanes) is 3. The summed E-state index contributed by atoms with van der Waals surface area (Å²) in [6, 6.07) is 27.8. The number of nitrogens with one attached hydrogen (secondary N) is 7. The van der Waals surface area contributed by atoms with Crippen molar-refractivity contribution in [2.45, 2.75) is 159 Å². The molecule has 5 aromatic carbocycles. The zero-order valence-corrected chi connectivity index (χ0v) is 74.4. The predicted molar refractivity (Wildman–Crippen MR) is 480 cm³/mol. The minimum atomic E-state index is -1.19. The van der Waals surface area contributed by atoms with Gasteiger partial charge in [-0.2, -0.15) is 11.8 Å². The van der Waals surface area contributed by atoms with E-state index in [2.05, 4.69) is 66.0 Å². The number of methoxy groups -OCH3 is 2. The van der Waals surface area contributed by atoms with Gasteiger partial charge in [0.2, 0.25) is 71.8 Å². The Morgan fingerprint density at radius 1 is 0.591 bits per heavy atom. The number of carbonyl (C=O) groups excluding carboxylic acids is 12. The smallest absolute Gasteiger partial charge is 0.295 e. The number of nitrogens with two attached hydrogens (primary N) is 3. The summed E-state index contributed by atoms with van der Waals surface area (Å²) in [5, 5.41) is 24.2. The second-order valence-electron chi connectivity index (χ2n) is 32.2. The fraction of sp³-hybridized carbons (Fsp3) is 0.511. The third kappa shape index (κ3) is 37.0. The van der Waals surface area contributed by atoms with Crippen molar-refractivity contribution in [3.63, 3.8) is 0 Å². The van der Waals surface area contributed by atoms with Crippen LogP contribution < -0.4 is 73.4 Å². The Hall–Kier alpha value is -11.8. The number of hydrogen-bond acceptors (Lipinski definition) is 22. The van der Waals surface area contributed by atoms with E-state index in [1.807, 2.05) is 62.4 Å². The molecule has 688 valence electrons. The quantitative estimate of drug-likeness (QED) is 0.00670. The first-order valence-corrected chi connectivity index (χ1v) is 44.7. The minimum Gasteiger partial charge on any atom is -0.497 e. The molecule has 9 rings (SSSR count). The third-order valence-corrected chi connectivity index (χ3v) is 22.4. The number of fused-ring (bicyclic) bond motifs is 31. The summed E-state index contributed by atoms with van der Waals surface area (Å²) in [5.41, 5.74) is 23.9. The molecule has 0 spiro atoms. The van der Waals surface area contributed by atoms with Gasteiger partial charge < -0.3 is 102 Å². The number of thioether (sulfide) groups is 1. The van der Waals surface area contributed by atoms with E-state index in [-0.39, 0.29) is 161 Å². The molecule has 0 aromatic heterocycles. The van der Waals surface area contributed by atoms with E-state index < -0.39 is 121 Å². The molecule has 12 amide bonds. The molecule has 3 aliphatic heterocycles. The Labute approximate surface area is 747 Å². The Kier molecular flexibility index (Phi) is 43.6. The van der Waals surface area contributed by atoms with E-state index in [1.54, 1.807) is 60.7 Å². The summed E-state index contributed by atoms with van der Waals surface area (Å²) >= 11 is 1.42. The zero-order valence-electron chi connectivity index (χ0n) is 73.6. The fourth-order valence-electron chi connectivity index (χ4n) is 15.0. The van der Waals surface area contributed by atoms with Crippen LogP contribution in [-0.2, 0) is 106 Å². The lowest BCUT2D eigenvalue weighted by molar-refractivity contribution is -0.138. The number of carbonyl (C=O) groups is 12. The van der Waals surface area contributed by atoms with Gasteiger partial charge in [-0.1, -0.05) is 106 Å². The number of nitrogens with zero attached hydrogens (tertiary/aromatic N) is 6. The van der Waals surface area contributed by atoms with Crippen LogP contribution in [0.1, 0.15) is 134 Å². The second-order valence-corrected chi connectivity index (χ2v) is 33.3. The highest BCUT2D eigenvalue weighted by Gasteiger charge is 2.33. The highest BCUT2D eigenvalue weighted by molar-refractivity contribution is 7.98. The Morgan fingerprint density at radius 2 is 1.17 bits per heavy atom. The molecular formula is C92H127N16O18S+. The zero-order chi connectivity index (χ0) is 91.2. The van der Waals surface area contributed by atoms with Crippen molar-refractivity contribution >= 4 is 89.4 Å². The molecule has 3 heterocycles. The van der Waals surface area contributed by atoms with Crippen molar-refractivity contribution in [1.82, 2.24) is 56.8 Å². The van der Waals surface area contributed by atoms with Crippen molar-refractivity contribution in [3.8, 4) is 23.0 Å². The largest absolute Gasteiger partial charge is 0.497 e.